The van der Waals surface area contributed by atoms with E-state index in [4.69, 9.17) is 4.74 Å². The van der Waals surface area contributed by atoms with E-state index >= 15 is 0 Å². The van der Waals surface area contributed by atoms with E-state index in [0.29, 0.717) is 5.75 Å². The van der Waals surface area contributed by atoms with Crippen molar-refractivity contribution in [1.29, 1.82) is 0 Å². The molecular weight excluding hydrogens is 306 g/mol. The number of phenolic OH excluding ortho intramolecular Hbond substituents is 1. The summed E-state index contributed by atoms with van der Waals surface area (Å²) in [6.45, 7) is 3.93. The Balaban J connectivity index is 2.42. The third-order valence-corrected chi connectivity index (χ3v) is 3.68. The lowest BCUT2D eigenvalue weighted by molar-refractivity contribution is 0.192. The van der Waals surface area contributed by atoms with Crippen LogP contribution in [0.15, 0.2) is 22.7 Å². The molecule has 1 atom stereocenters. The molecule has 0 aliphatic carbocycles. The topological polar surface area (TPSA) is 41.5 Å². The van der Waals surface area contributed by atoms with Gasteiger partial charge in [-0.05, 0) is 50.4 Å². The van der Waals surface area contributed by atoms with E-state index in [0.717, 1.165) is 42.5 Å². The fourth-order valence-electron chi connectivity index (χ4n) is 2.10. The molecule has 1 aromatic rings. The number of halogens is 1. The summed E-state index contributed by atoms with van der Waals surface area (Å²) in [4.78, 5) is 0. The predicted octanol–water partition coefficient (Wildman–Crippen LogP) is 4.01. The number of hydrogen-bond acceptors (Lipinski definition) is 3. The van der Waals surface area contributed by atoms with Crippen LogP contribution in [-0.4, -0.2) is 25.4 Å². The van der Waals surface area contributed by atoms with Crippen LogP contribution in [0.2, 0.25) is 0 Å². The summed E-state index contributed by atoms with van der Waals surface area (Å²) in [5, 5.41) is 13.4. The standard InChI is InChI=1S/C15H24BrNO2/c1-3-14(17-9-5-4-6-10-19-2)13-11-12(16)7-8-15(13)18/h7-8,11,14,17-18H,3-6,9-10H2,1-2H3. The van der Waals surface area contributed by atoms with Crippen LogP contribution in [0.4, 0.5) is 0 Å². The highest BCUT2D eigenvalue weighted by atomic mass is 79.9. The van der Waals surface area contributed by atoms with Crippen molar-refractivity contribution in [1.82, 2.24) is 5.32 Å². The first-order chi connectivity index (χ1) is 9.19. The van der Waals surface area contributed by atoms with Crippen LogP contribution >= 0.6 is 15.9 Å². The van der Waals surface area contributed by atoms with Gasteiger partial charge in [0, 0.05) is 29.8 Å². The molecule has 0 saturated heterocycles. The number of unbranched alkanes of at least 4 members (excludes halogenated alkanes) is 2. The molecule has 0 heterocycles. The lowest BCUT2D eigenvalue weighted by Crippen LogP contribution is -2.22. The smallest absolute Gasteiger partial charge is 0.120 e. The summed E-state index contributed by atoms with van der Waals surface area (Å²) >= 11 is 3.45. The third kappa shape index (κ3) is 5.93. The molecule has 0 aliphatic heterocycles. The lowest BCUT2D eigenvalue weighted by Gasteiger charge is -2.19. The Labute approximate surface area is 124 Å². The maximum Gasteiger partial charge on any atom is 0.120 e. The number of phenols is 1. The van der Waals surface area contributed by atoms with Crippen molar-refractivity contribution >= 4 is 15.9 Å². The first-order valence-electron chi connectivity index (χ1n) is 6.89. The lowest BCUT2D eigenvalue weighted by atomic mass is 10.0. The number of hydrogen-bond donors (Lipinski definition) is 2. The van der Waals surface area contributed by atoms with E-state index in [2.05, 4.69) is 28.2 Å². The number of rotatable bonds is 9. The van der Waals surface area contributed by atoms with Crippen LogP contribution in [0.1, 0.15) is 44.2 Å². The van der Waals surface area contributed by atoms with Gasteiger partial charge in [-0.25, -0.2) is 0 Å². The van der Waals surface area contributed by atoms with Crippen molar-refractivity contribution in [3.63, 3.8) is 0 Å². The zero-order valence-electron chi connectivity index (χ0n) is 11.8. The maximum absolute atomic E-state index is 9.93. The molecule has 0 fully saturated rings. The molecular formula is C15H24BrNO2. The average molecular weight is 330 g/mol. The zero-order valence-corrected chi connectivity index (χ0v) is 13.4. The highest BCUT2D eigenvalue weighted by molar-refractivity contribution is 9.10. The summed E-state index contributed by atoms with van der Waals surface area (Å²) in [6.07, 6.45) is 4.37. The molecule has 0 radical (unpaired) electrons. The van der Waals surface area contributed by atoms with E-state index in [1.807, 2.05) is 12.1 Å². The van der Waals surface area contributed by atoms with Gasteiger partial charge in [-0.3, -0.25) is 0 Å². The normalized spacial score (nSPS) is 12.6. The van der Waals surface area contributed by atoms with E-state index in [-0.39, 0.29) is 6.04 Å². The molecule has 1 unspecified atom stereocenters. The second-order valence-corrected chi connectivity index (χ2v) is 5.59. The van der Waals surface area contributed by atoms with Gasteiger partial charge in [-0.2, -0.15) is 0 Å². The fraction of sp³-hybridized carbons (Fsp3) is 0.600. The Morgan fingerprint density at radius 2 is 2.11 bits per heavy atom. The Hall–Kier alpha value is -0.580. The number of ether oxygens (including phenoxy) is 1. The molecule has 2 N–H and O–H groups in total. The first-order valence-corrected chi connectivity index (χ1v) is 7.69. The van der Waals surface area contributed by atoms with Crippen LogP contribution in [0.3, 0.4) is 0 Å². The molecule has 108 valence electrons. The minimum absolute atomic E-state index is 0.208. The summed E-state index contributed by atoms with van der Waals surface area (Å²) in [5.41, 5.74) is 0.966. The number of nitrogens with one attached hydrogen (secondary N) is 1. The quantitative estimate of drug-likeness (QED) is 0.672. The van der Waals surface area contributed by atoms with E-state index < -0.39 is 0 Å². The van der Waals surface area contributed by atoms with Crippen molar-refractivity contribution in [2.24, 2.45) is 0 Å². The van der Waals surface area contributed by atoms with Gasteiger partial charge in [0.1, 0.15) is 5.75 Å². The summed E-state index contributed by atoms with van der Waals surface area (Å²) in [7, 11) is 1.74. The minimum Gasteiger partial charge on any atom is -0.508 e. The third-order valence-electron chi connectivity index (χ3n) is 3.19. The summed E-state index contributed by atoms with van der Waals surface area (Å²) in [6, 6.07) is 5.79. The predicted molar refractivity (Wildman–Crippen MR) is 82.6 cm³/mol. The van der Waals surface area contributed by atoms with E-state index in [9.17, 15) is 5.11 Å². The van der Waals surface area contributed by atoms with Gasteiger partial charge in [0.2, 0.25) is 0 Å². The van der Waals surface area contributed by atoms with Crippen molar-refractivity contribution in [2.45, 2.75) is 38.6 Å². The van der Waals surface area contributed by atoms with Crippen LogP contribution in [0.5, 0.6) is 5.75 Å². The molecule has 19 heavy (non-hydrogen) atoms. The molecule has 0 saturated carbocycles. The van der Waals surface area contributed by atoms with Gasteiger partial charge in [0.15, 0.2) is 0 Å². The van der Waals surface area contributed by atoms with Gasteiger partial charge in [0.25, 0.3) is 0 Å². The molecule has 1 aromatic carbocycles. The van der Waals surface area contributed by atoms with Gasteiger partial charge >= 0.3 is 0 Å². The summed E-state index contributed by atoms with van der Waals surface area (Å²) in [5.74, 6) is 0.363. The molecule has 0 aromatic heterocycles. The van der Waals surface area contributed by atoms with Crippen LogP contribution in [-0.2, 0) is 4.74 Å². The molecule has 0 aliphatic rings. The van der Waals surface area contributed by atoms with Crippen LogP contribution < -0.4 is 5.32 Å². The van der Waals surface area contributed by atoms with Crippen molar-refractivity contribution < 1.29 is 9.84 Å². The Bertz CT molecular complexity index is 371. The molecule has 0 bridgehead atoms. The fourth-order valence-corrected chi connectivity index (χ4v) is 2.48. The molecule has 3 nitrogen and oxygen atoms in total. The minimum atomic E-state index is 0.208. The van der Waals surface area contributed by atoms with Gasteiger partial charge in [-0.1, -0.05) is 22.9 Å². The molecule has 0 amide bonds. The molecule has 1 rings (SSSR count). The van der Waals surface area contributed by atoms with Crippen LogP contribution in [0, 0.1) is 0 Å². The monoisotopic (exact) mass is 329 g/mol. The second kappa shape index (κ2) is 9.34. The largest absolute Gasteiger partial charge is 0.508 e. The van der Waals surface area contributed by atoms with Crippen molar-refractivity contribution in [2.75, 3.05) is 20.3 Å². The zero-order chi connectivity index (χ0) is 14.1. The average Bonchev–Trinajstić information content (AvgIpc) is 2.41. The van der Waals surface area contributed by atoms with Gasteiger partial charge in [-0.15, -0.1) is 0 Å². The SMILES string of the molecule is CCC(NCCCCCOC)c1cc(Br)ccc1O. The van der Waals surface area contributed by atoms with Gasteiger partial charge < -0.3 is 15.2 Å². The van der Waals surface area contributed by atoms with Crippen molar-refractivity contribution in [3.8, 4) is 5.75 Å². The van der Waals surface area contributed by atoms with E-state index in [1.54, 1.807) is 13.2 Å². The van der Waals surface area contributed by atoms with Crippen molar-refractivity contribution in [3.05, 3.63) is 28.2 Å². The highest BCUT2D eigenvalue weighted by Gasteiger charge is 2.13. The second-order valence-electron chi connectivity index (χ2n) is 4.67. The first kappa shape index (κ1) is 16.5. The Kier molecular flexibility index (Phi) is 8.10. The van der Waals surface area contributed by atoms with Crippen LogP contribution in [0.25, 0.3) is 0 Å². The summed E-state index contributed by atoms with van der Waals surface area (Å²) < 4.78 is 6.03. The van der Waals surface area contributed by atoms with E-state index in [1.165, 1.54) is 6.42 Å². The Morgan fingerprint density at radius 1 is 1.32 bits per heavy atom. The number of aromatic hydroxyl groups is 1. The number of methoxy groups -OCH3 is 1. The maximum atomic E-state index is 9.93. The van der Waals surface area contributed by atoms with Gasteiger partial charge in [0.05, 0.1) is 0 Å². The highest BCUT2D eigenvalue weighted by Crippen LogP contribution is 2.29. The molecule has 0 spiro atoms. The Morgan fingerprint density at radius 3 is 2.79 bits per heavy atom. The molecule has 4 heteroatoms. The number of benzene rings is 1.